The number of carbonyl (C=O) groups is 1. The summed E-state index contributed by atoms with van der Waals surface area (Å²) in [5.74, 6) is -0.665. The van der Waals surface area contributed by atoms with Gasteiger partial charge in [0.25, 0.3) is 0 Å². The van der Waals surface area contributed by atoms with E-state index >= 15 is 0 Å². The number of hydrogen-bond donors (Lipinski definition) is 1. The molecule has 0 heterocycles. The molecule has 0 aliphatic rings. The van der Waals surface area contributed by atoms with E-state index in [1.807, 2.05) is 0 Å². The van der Waals surface area contributed by atoms with E-state index < -0.39 is 15.9 Å². The van der Waals surface area contributed by atoms with Crippen molar-refractivity contribution in [3.63, 3.8) is 0 Å². The van der Waals surface area contributed by atoms with Crippen molar-refractivity contribution in [2.24, 2.45) is 5.73 Å². The van der Waals surface area contributed by atoms with E-state index in [1.165, 1.54) is 0 Å². The van der Waals surface area contributed by atoms with E-state index in [9.17, 15) is 13.2 Å². The molecule has 0 aliphatic carbocycles. The van der Waals surface area contributed by atoms with Crippen LogP contribution in [0.25, 0.3) is 0 Å². The second-order valence-corrected chi connectivity index (χ2v) is 5.61. The average Bonchev–Trinajstić information content (AvgIpc) is 2.15. The van der Waals surface area contributed by atoms with Crippen LogP contribution in [-0.2, 0) is 9.84 Å². The summed E-state index contributed by atoms with van der Waals surface area (Å²) in [6.45, 7) is 0. The summed E-state index contributed by atoms with van der Waals surface area (Å²) in [6.07, 6.45) is 1.06. The highest BCUT2D eigenvalue weighted by molar-refractivity contribution is 7.90. The predicted molar refractivity (Wildman–Crippen MR) is 58.5 cm³/mol. The zero-order valence-corrected chi connectivity index (χ0v) is 9.20. The minimum Gasteiger partial charge on any atom is -0.320 e. The number of ketones is 1. The Morgan fingerprint density at radius 2 is 1.87 bits per heavy atom. The first kappa shape index (κ1) is 11.9. The second-order valence-electron chi connectivity index (χ2n) is 3.43. The van der Waals surface area contributed by atoms with Gasteiger partial charge in [0.15, 0.2) is 5.78 Å². The van der Waals surface area contributed by atoms with Gasteiger partial charge in [0.05, 0.1) is 11.8 Å². The molecule has 0 aromatic heterocycles. The first-order valence-electron chi connectivity index (χ1n) is 4.43. The second kappa shape index (κ2) is 4.55. The lowest BCUT2D eigenvalue weighted by Gasteiger charge is -2.08. The van der Waals surface area contributed by atoms with E-state index in [0.29, 0.717) is 5.56 Å². The molecule has 0 spiro atoms. The fourth-order valence-corrected chi connectivity index (χ4v) is 2.02. The largest absolute Gasteiger partial charge is 0.320 e. The molecule has 0 amide bonds. The molecule has 0 bridgehead atoms. The van der Waals surface area contributed by atoms with Crippen molar-refractivity contribution in [1.82, 2.24) is 0 Å². The van der Waals surface area contributed by atoms with E-state index in [-0.39, 0.29) is 11.5 Å². The number of carbonyl (C=O) groups excluding carboxylic acids is 1. The van der Waals surface area contributed by atoms with E-state index in [4.69, 9.17) is 5.73 Å². The SMILES string of the molecule is CS(=O)(=O)CC(N)C(=O)c1ccccc1. The van der Waals surface area contributed by atoms with Gasteiger partial charge in [-0.05, 0) is 0 Å². The van der Waals surface area contributed by atoms with Crippen LogP contribution in [0.3, 0.4) is 0 Å². The van der Waals surface area contributed by atoms with Crippen LogP contribution in [0, 0.1) is 0 Å². The maximum Gasteiger partial charge on any atom is 0.180 e. The lowest BCUT2D eigenvalue weighted by molar-refractivity contribution is 0.0969. The molecule has 1 unspecified atom stereocenters. The van der Waals surface area contributed by atoms with Crippen molar-refractivity contribution < 1.29 is 13.2 Å². The molecule has 5 heteroatoms. The topological polar surface area (TPSA) is 77.2 Å². The molecule has 4 nitrogen and oxygen atoms in total. The van der Waals surface area contributed by atoms with Crippen LogP contribution < -0.4 is 5.73 Å². The number of rotatable bonds is 4. The van der Waals surface area contributed by atoms with Crippen LogP contribution in [0.5, 0.6) is 0 Å². The van der Waals surface area contributed by atoms with Crippen LogP contribution in [-0.4, -0.2) is 32.3 Å². The van der Waals surface area contributed by atoms with Crippen LogP contribution in [0.15, 0.2) is 30.3 Å². The van der Waals surface area contributed by atoms with Gasteiger partial charge in [0, 0.05) is 11.8 Å². The summed E-state index contributed by atoms with van der Waals surface area (Å²) in [7, 11) is -3.22. The van der Waals surface area contributed by atoms with Gasteiger partial charge >= 0.3 is 0 Å². The number of sulfone groups is 1. The summed E-state index contributed by atoms with van der Waals surface area (Å²) in [6, 6.07) is 7.44. The molecule has 0 aliphatic heterocycles. The van der Waals surface area contributed by atoms with Gasteiger partial charge in [-0.15, -0.1) is 0 Å². The molecule has 0 saturated heterocycles. The van der Waals surface area contributed by atoms with Gasteiger partial charge in [-0.2, -0.15) is 0 Å². The van der Waals surface area contributed by atoms with Crippen LogP contribution in [0.1, 0.15) is 10.4 Å². The van der Waals surface area contributed by atoms with Crippen molar-refractivity contribution >= 4 is 15.6 Å². The normalized spacial score (nSPS) is 13.5. The van der Waals surface area contributed by atoms with Crippen LogP contribution >= 0.6 is 0 Å². The maximum absolute atomic E-state index is 11.6. The maximum atomic E-state index is 11.6. The minimum atomic E-state index is -3.22. The molecule has 15 heavy (non-hydrogen) atoms. The van der Waals surface area contributed by atoms with E-state index in [2.05, 4.69) is 0 Å². The average molecular weight is 227 g/mol. The number of benzene rings is 1. The monoisotopic (exact) mass is 227 g/mol. The Bertz CT molecular complexity index is 439. The zero-order valence-electron chi connectivity index (χ0n) is 8.38. The van der Waals surface area contributed by atoms with Crippen molar-refractivity contribution in [2.45, 2.75) is 6.04 Å². The molecular weight excluding hydrogens is 214 g/mol. The molecule has 1 atom stereocenters. The quantitative estimate of drug-likeness (QED) is 0.747. The Kier molecular flexibility index (Phi) is 3.60. The Hall–Kier alpha value is -1.20. The highest BCUT2D eigenvalue weighted by atomic mass is 32.2. The van der Waals surface area contributed by atoms with Gasteiger partial charge in [-0.1, -0.05) is 30.3 Å². The minimum absolute atomic E-state index is 0.319. The summed E-state index contributed by atoms with van der Waals surface area (Å²) < 4.78 is 21.9. The Morgan fingerprint density at radius 3 is 2.33 bits per heavy atom. The van der Waals surface area contributed by atoms with Crippen molar-refractivity contribution in [3.8, 4) is 0 Å². The molecule has 1 rings (SSSR count). The smallest absolute Gasteiger partial charge is 0.180 e. The zero-order chi connectivity index (χ0) is 11.5. The van der Waals surface area contributed by atoms with Gasteiger partial charge in [-0.3, -0.25) is 4.79 Å². The van der Waals surface area contributed by atoms with Gasteiger partial charge in [-0.25, -0.2) is 8.42 Å². The van der Waals surface area contributed by atoms with Gasteiger partial charge in [0.1, 0.15) is 9.84 Å². The lowest BCUT2D eigenvalue weighted by atomic mass is 10.1. The molecule has 0 radical (unpaired) electrons. The van der Waals surface area contributed by atoms with Gasteiger partial charge in [0.2, 0.25) is 0 Å². The summed E-state index contributed by atoms with van der Waals surface area (Å²) >= 11 is 0. The highest BCUT2D eigenvalue weighted by Crippen LogP contribution is 2.03. The summed E-state index contributed by atoms with van der Waals surface area (Å²) in [4.78, 5) is 11.6. The van der Waals surface area contributed by atoms with Crippen LogP contribution in [0.2, 0.25) is 0 Å². The van der Waals surface area contributed by atoms with E-state index in [0.717, 1.165) is 6.26 Å². The molecule has 2 N–H and O–H groups in total. The Morgan fingerprint density at radius 1 is 1.33 bits per heavy atom. The fourth-order valence-electron chi connectivity index (χ4n) is 1.22. The fraction of sp³-hybridized carbons (Fsp3) is 0.300. The number of nitrogens with two attached hydrogens (primary N) is 1. The summed E-state index contributed by atoms with van der Waals surface area (Å²) in [5.41, 5.74) is 5.95. The summed E-state index contributed by atoms with van der Waals surface area (Å²) in [5, 5.41) is 0. The van der Waals surface area contributed by atoms with Crippen molar-refractivity contribution in [2.75, 3.05) is 12.0 Å². The van der Waals surface area contributed by atoms with Crippen molar-refractivity contribution in [1.29, 1.82) is 0 Å². The van der Waals surface area contributed by atoms with Crippen LogP contribution in [0.4, 0.5) is 0 Å². The molecular formula is C10H13NO3S. The highest BCUT2D eigenvalue weighted by Gasteiger charge is 2.19. The van der Waals surface area contributed by atoms with Crippen molar-refractivity contribution in [3.05, 3.63) is 35.9 Å². The third kappa shape index (κ3) is 3.81. The third-order valence-corrected chi connectivity index (χ3v) is 2.84. The molecule has 0 saturated carbocycles. The third-order valence-electron chi connectivity index (χ3n) is 1.88. The first-order valence-corrected chi connectivity index (χ1v) is 6.49. The van der Waals surface area contributed by atoms with E-state index in [1.54, 1.807) is 30.3 Å². The number of hydrogen-bond acceptors (Lipinski definition) is 4. The Labute approximate surface area is 89.0 Å². The van der Waals surface area contributed by atoms with Gasteiger partial charge < -0.3 is 5.73 Å². The standard InChI is InChI=1S/C10H13NO3S/c1-15(13,14)7-9(11)10(12)8-5-3-2-4-6-8/h2-6,9H,7,11H2,1H3. The molecule has 1 aromatic carbocycles. The predicted octanol–water partition coefficient (Wildman–Crippen LogP) is 0.241. The molecule has 82 valence electrons. The number of Topliss-reactive ketones (excluding diaryl/α,β-unsaturated/α-hetero) is 1. The first-order chi connectivity index (χ1) is 6.90. The molecule has 1 aromatic rings. The Balaban J connectivity index is 2.79. The molecule has 0 fully saturated rings. The lowest BCUT2D eigenvalue weighted by Crippen LogP contribution is -2.37.